The number of amides is 2. The minimum atomic E-state index is -0.0284. The average Bonchev–Trinajstić information content (AvgIpc) is 2.78. The number of aryl methyl sites for hydroxylation is 2. The van der Waals surface area contributed by atoms with Crippen molar-refractivity contribution in [2.75, 3.05) is 26.2 Å². The summed E-state index contributed by atoms with van der Waals surface area (Å²) >= 11 is 0. The zero-order valence-electron chi connectivity index (χ0n) is 13.7. The molecule has 0 saturated carbocycles. The highest BCUT2D eigenvalue weighted by atomic mass is 16.2. The summed E-state index contributed by atoms with van der Waals surface area (Å²) in [6.45, 7) is 13.8. The second kappa shape index (κ2) is 6.47. The van der Waals surface area contributed by atoms with E-state index in [0.29, 0.717) is 6.04 Å². The van der Waals surface area contributed by atoms with E-state index >= 15 is 0 Å². The Kier molecular flexibility index (Phi) is 4.88. The largest absolute Gasteiger partial charge is 0.331 e. The van der Waals surface area contributed by atoms with E-state index in [0.717, 1.165) is 43.1 Å². The zero-order chi connectivity index (χ0) is 15.6. The summed E-state index contributed by atoms with van der Waals surface area (Å²) in [4.78, 5) is 16.7. The molecule has 0 spiro atoms. The predicted molar refractivity (Wildman–Crippen MR) is 83.3 cm³/mol. The maximum Gasteiger partial charge on any atom is 0.317 e. The highest BCUT2D eigenvalue weighted by Crippen LogP contribution is 2.19. The molecule has 1 aromatic heterocycles. The molecule has 1 aromatic rings. The molecular weight excluding hydrogens is 266 g/mol. The maximum absolute atomic E-state index is 12.4. The summed E-state index contributed by atoms with van der Waals surface area (Å²) in [6.07, 6.45) is 0. The third-order valence-corrected chi connectivity index (χ3v) is 4.29. The quantitative estimate of drug-likeness (QED) is 0.893. The van der Waals surface area contributed by atoms with Gasteiger partial charge in [-0.3, -0.25) is 10.00 Å². The number of nitrogens with zero attached hydrogens (tertiary/aromatic N) is 3. The van der Waals surface area contributed by atoms with Gasteiger partial charge in [0, 0.05) is 43.5 Å². The molecule has 0 unspecified atom stereocenters. The minimum Gasteiger partial charge on any atom is -0.331 e. The van der Waals surface area contributed by atoms with Gasteiger partial charge >= 0.3 is 6.03 Å². The first-order valence-corrected chi connectivity index (χ1v) is 7.71. The van der Waals surface area contributed by atoms with Crippen LogP contribution in [0.4, 0.5) is 4.79 Å². The number of aromatic amines is 1. The molecule has 6 heteroatoms. The maximum atomic E-state index is 12.4. The Morgan fingerprint density at radius 3 is 2.29 bits per heavy atom. The number of aromatic nitrogens is 2. The molecule has 1 saturated heterocycles. The van der Waals surface area contributed by atoms with Crippen LogP contribution in [-0.4, -0.2) is 58.2 Å². The molecule has 6 nitrogen and oxygen atoms in total. The number of nitrogens with one attached hydrogen (secondary N) is 2. The molecule has 0 radical (unpaired) electrons. The van der Waals surface area contributed by atoms with Gasteiger partial charge in [0.1, 0.15) is 0 Å². The first-order chi connectivity index (χ1) is 9.90. The van der Waals surface area contributed by atoms with E-state index in [4.69, 9.17) is 0 Å². The number of hydrogen-bond acceptors (Lipinski definition) is 3. The van der Waals surface area contributed by atoms with Gasteiger partial charge in [-0.05, 0) is 34.6 Å². The van der Waals surface area contributed by atoms with Crippen LogP contribution < -0.4 is 5.32 Å². The molecule has 2 rings (SSSR count). The molecular formula is C15H27N5O. The van der Waals surface area contributed by atoms with E-state index in [9.17, 15) is 4.79 Å². The SMILES string of the molecule is Cc1n[nH]c(C)c1[C@H](C)NC(=O)N1CCN(C(C)C)CC1. The monoisotopic (exact) mass is 293 g/mol. The number of urea groups is 1. The molecule has 2 amide bonds. The second-order valence-corrected chi connectivity index (χ2v) is 6.14. The highest BCUT2D eigenvalue weighted by Gasteiger charge is 2.24. The predicted octanol–water partition coefficient (Wildman–Crippen LogP) is 1.82. The van der Waals surface area contributed by atoms with Crippen molar-refractivity contribution in [3.8, 4) is 0 Å². The van der Waals surface area contributed by atoms with E-state index in [-0.39, 0.29) is 12.1 Å². The molecule has 0 aliphatic carbocycles. The fourth-order valence-corrected chi connectivity index (χ4v) is 2.99. The van der Waals surface area contributed by atoms with Gasteiger partial charge in [0.2, 0.25) is 0 Å². The molecule has 21 heavy (non-hydrogen) atoms. The van der Waals surface area contributed by atoms with E-state index in [2.05, 4.69) is 34.3 Å². The molecule has 0 bridgehead atoms. The Bertz CT molecular complexity index is 469. The molecule has 2 N–H and O–H groups in total. The highest BCUT2D eigenvalue weighted by molar-refractivity contribution is 5.75. The van der Waals surface area contributed by atoms with Crippen LogP contribution in [0.2, 0.25) is 0 Å². The third-order valence-electron chi connectivity index (χ3n) is 4.29. The summed E-state index contributed by atoms with van der Waals surface area (Å²) in [5.74, 6) is 0. The van der Waals surface area contributed by atoms with Crippen LogP contribution in [0, 0.1) is 13.8 Å². The number of hydrogen-bond donors (Lipinski definition) is 2. The first kappa shape index (κ1) is 15.8. The zero-order valence-corrected chi connectivity index (χ0v) is 13.7. The van der Waals surface area contributed by atoms with Crippen molar-refractivity contribution < 1.29 is 4.79 Å². The number of rotatable bonds is 3. The lowest BCUT2D eigenvalue weighted by molar-refractivity contribution is 0.118. The fourth-order valence-electron chi connectivity index (χ4n) is 2.99. The standard InChI is InChI=1S/C15H27N5O/c1-10(2)19-6-8-20(9-7-19)15(21)16-11(3)14-12(4)17-18-13(14)5/h10-11H,6-9H2,1-5H3,(H,16,21)(H,17,18)/t11-/m0/s1. The first-order valence-electron chi connectivity index (χ1n) is 7.71. The van der Waals surface area contributed by atoms with Gasteiger partial charge in [-0.2, -0.15) is 5.10 Å². The smallest absolute Gasteiger partial charge is 0.317 e. The average molecular weight is 293 g/mol. The van der Waals surface area contributed by atoms with Crippen LogP contribution in [0.1, 0.15) is 43.8 Å². The molecule has 1 aliphatic heterocycles. The van der Waals surface area contributed by atoms with Gasteiger partial charge < -0.3 is 10.2 Å². The fraction of sp³-hybridized carbons (Fsp3) is 0.733. The van der Waals surface area contributed by atoms with Crippen molar-refractivity contribution in [2.24, 2.45) is 0 Å². The van der Waals surface area contributed by atoms with Gasteiger partial charge in [0.15, 0.2) is 0 Å². The Morgan fingerprint density at radius 2 is 1.81 bits per heavy atom. The molecule has 2 heterocycles. The molecule has 118 valence electrons. The van der Waals surface area contributed by atoms with Crippen LogP contribution in [0.15, 0.2) is 0 Å². The Balaban J connectivity index is 1.91. The summed E-state index contributed by atoms with van der Waals surface area (Å²) in [6, 6.07) is 0.538. The van der Waals surface area contributed by atoms with E-state index in [1.807, 2.05) is 25.7 Å². The van der Waals surface area contributed by atoms with Crippen LogP contribution in [-0.2, 0) is 0 Å². The lowest BCUT2D eigenvalue weighted by atomic mass is 10.1. The van der Waals surface area contributed by atoms with E-state index in [1.165, 1.54) is 0 Å². The molecule has 1 aliphatic rings. The number of piperazine rings is 1. The molecule has 1 atom stereocenters. The molecule has 0 aromatic carbocycles. The Labute approximate surface area is 126 Å². The Hall–Kier alpha value is -1.56. The summed E-state index contributed by atoms with van der Waals surface area (Å²) in [5, 5.41) is 10.2. The van der Waals surface area contributed by atoms with Crippen molar-refractivity contribution in [3.63, 3.8) is 0 Å². The summed E-state index contributed by atoms with van der Waals surface area (Å²) in [7, 11) is 0. The van der Waals surface area contributed by atoms with Gasteiger partial charge in [0.25, 0.3) is 0 Å². The lowest BCUT2D eigenvalue weighted by Gasteiger charge is -2.37. The van der Waals surface area contributed by atoms with Crippen molar-refractivity contribution >= 4 is 6.03 Å². The van der Waals surface area contributed by atoms with Crippen LogP contribution in [0.3, 0.4) is 0 Å². The second-order valence-electron chi connectivity index (χ2n) is 6.14. The van der Waals surface area contributed by atoms with Crippen LogP contribution >= 0.6 is 0 Å². The topological polar surface area (TPSA) is 64.3 Å². The van der Waals surface area contributed by atoms with Gasteiger partial charge in [-0.1, -0.05) is 0 Å². The van der Waals surface area contributed by atoms with Crippen molar-refractivity contribution in [1.29, 1.82) is 0 Å². The van der Waals surface area contributed by atoms with E-state index < -0.39 is 0 Å². The third kappa shape index (κ3) is 3.56. The number of carbonyl (C=O) groups excluding carboxylic acids is 1. The molecule has 1 fully saturated rings. The van der Waals surface area contributed by atoms with Gasteiger partial charge in [-0.25, -0.2) is 4.79 Å². The van der Waals surface area contributed by atoms with Gasteiger partial charge in [-0.15, -0.1) is 0 Å². The minimum absolute atomic E-state index is 0.0194. The van der Waals surface area contributed by atoms with Crippen molar-refractivity contribution in [3.05, 3.63) is 17.0 Å². The lowest BCUT2D eigenvalue weighted by Crippen LogP contribution is -2.53. The summed E-state index contributed by atoms with van der Waals surface area (Å²) < 4.78 is 0. The van der Waals surface area contributed by atoms with Crippen LogP contribution in [0.5, 0.6) is 0 Å². The Morgan fingerprint density at radius 1 is 1.19 bits per heavy atom. The summed E-state index contributed by atoms with van der Waals surface area (Å²) in [5.41, 5.74) is 3.05. The normalized spacial score (nSPS) is 18.1. The number of H-pyrrole nitrogens is 1. The van der Waals surface area contributed by atoms with E-state index in [1.54, 1.807) is 0 Å². The van der Waals surface area contributed by atoms with Gasteiger partial charge in [0.05, 0.1) is 11.7 Å². The van der Waals surface area contributed by atoms with Crippen LogP contribution in [0.25, 0.3) is 0 Å². The number of carbonyl (C=O) groups is 1. The van der Waals surface area contributed by atoms with Crippen molar-refractivity contribution in [2.45, 2.75) is 46.7 Å². The van der Waals surface area contributed by atoms with Crippen molar-refractivity contribution in [1.82, 2.24) is 25.3 Å².